The van der Waals surface area contributed by atoms with E-state index in [-0.39, 0.29) is 18.6 Å². The molecule has 1 N–H and O–H groups in total. The van der Waals surface area contributed by atoms with E-state index in [1.807, 2.05) is 26.0 Å². The lowest BCUT2D eigenvalue weighted by Crippen LogP contribution is -2.40. The molecule has 2 rings (SSSR count). The van der Waals surface area contributed by atoms with Gasteiger partial charge in [0.2, 0.25) is 10.0 Å². The second-order valence-electron chi connectivity index (χ2n) is 6.93. The summed E-state index contributed by atoms with van der Waals surface area (Å²) in [6.45, 7) is 8.89. The van der Waals surface area contributed by atoms with E-state index in [0.717, 1.165) is 5.56 Å². The van der Waals surface area contributed by atoms with Gasteiger partial charge >= 0.3 is 0 Å². The second kappa shape index (κ2) is 7.30. The molecule has 1 aromatic carbocycles. The first-order chi connectivity index (χ1) is 10.7. The smallest absolute Gasteiger partial charge is 0.218 e. The lowest BCUT2D eigenvalue weighted by molar-refractivity contribution is -0.110. The van der Waals surface area contributed by atoms with E-state index in [4.69, 9.17) is 4.84 Å². The maximum Gasteiger partial charge on any atom is 0.218 e. The van der Waals surface area contributed by atoms with Crippen molar-refractivity contribution in [1.29, 1.82) is 0 Å². The Morgan fingerprint density at radius 2 is 1.83 bits per heavy atom. The Hall–Kier alpha value is -0.950. The first-order valence-corrected chi connectivity index (χ1v) is 9.71. The monoisotopic (exact) mass is 340 g/mol. The molecule has 2 atom stereocenters. The highest BCUT2D eigenvalue weighted by atomic mass is 32.2. The molecule has 0 bridgehead atoms. The van der Waals surface area contributed by atoms with E-state index >= 15 is 0 Å². The summed E-state index contributed by atoms with van der Waals surface area (Å²) in [7, 11) is -1.64. The van der Waals surface area contributed by atoms with Crippen LogP contribution in [0.1, 0.15) is 50.8 Å². The molecule has 1 fully saturated rings. The number of nitrogens with one attached hydrogen (secondary N) is 1. The van der Waals surface area contributed by atoms with Crippen LogP contribution in [0.4, 0.5) is 0 Å². The maximum absolute atomic E-state index is 12.6. The zero-order chi connectivity index (χ0) is 17.2. The summed E-state index contributed by atoms with van der Waals surface area (Å²) >= 11 is 0. The molecule has 1 aromatic rings. The van der Waals surface area contributed by atoms with Gasteiger partial charge in [-0.25, -0.2) is 13.1 Å². The topological polar surface area (TPSA) is 58.6 Å². The van der Waals surface area contributed by atoms with Crippen molar-refractivity contribution in [3.8, 4) is 0 Å². The Labute approximate surface area is 140 Å². The van der Waals surface area contributed by atoms with Crippen LogP contribution in [0.3, 0.4) is 0 Å². The lowest BCUT2D eigenvalue weighted by atomic mass is 9.98. The van der Waals surface area contributed by atoms with E-state index in [1.165, 1.54) is 5.56 Å². The molecular formula is C17H28N2O3S. The van der Waals surface area contributed by atoms with Gasteiger partial charge in [-0.1, -0.05) is 52.0 Å². The third kappa shape index (κ3) is 4.32. The molecule has 1 heterocycles. The maximum atomic E-state index is 12.6. The van der Waals surface area contributed by atoms with Gasteiger partial charge in [0.1, 0.15) is 5.25 Å². The van der Waals surface area contributed by atoms with Crippen molar-refractivity contribution in [2.75, 3.05) is 20.2 Å². The van der Waals surface area contributed by atoms with Crippen LogP contribution in [0.5, 0.6) is 0 Å². The minimum atomic E-state index is -3.43. The van der Waals surface area contributed by atoms with Crippen molar-refractivity contribution in [2.45, 2.75) is 44.9 Å². The van der Waals surface area contributed by atoms with Gasteiger partial charge in [-0.3, -0.25) is 4.84 Å². The fourth-order valence-corrected chi connectivity index (χ4v) is 4.44. The first-order valence-electron chi connectivity index (χ1n) is 8.16. The number of hydroxylamine groups is 2. The average Bonchev–Trinajstić information content (AvgIpc) is 2.88. The van der Waals surface area contributed by atoms with E-state index < -0.39 is 15.3 Å². The van der Waals surface area contributed by atoms with Gasteiger partial charge < -0.3 is 0 Å². The first kappa shape index (κ1) is 18.4. The zero-order valence-electron chi connectivity index (χ0n) is 14.6. The van der Waals surface area contributed by atoms with Gasteiger partial charge in [0.15, 0.2) is 0 Å². The van der Waals surface area contributed by atoms with Gasteiger partial charge in [0.05, 0.1) is 12.6 Å². The van der Waals surface area contributed by atoms with Crippen molar-refractivity contribution in [3.05, 3.63) is 35.4 Å². The van der Waals surface area contributed by atoms with Crippen LogP contribution in [0.2, 0.25) is 0 Å². The summed E-state index contributed by atoms with van der Waals surface area (Å²) < 4.78 is 28.0. The van der Waals surface area contributed by atoms with Crippen LogP contribution in [0, 0.1) is 5.92 Å². The van der Waals surface area contributed by atoms with Crippen LogP contribution >= 0.6 is 0 Å². The van der Waals surface area contributed by atoms with Crippen molar-refractivity contribution in [2.24, 2.45) is 5.92 Å². The van der Waals surface area contributed by atoms with Crippen molar-refractivity contribution in [3.63, 3.8) is 0 Å². The van der Waals surface area contributed by atoms with Crippen LogP contribution in [0.25, 0.3) is 0 Å². The number of rotatable bonds is 6. The molecule has 1 saturated heterocycles. The van der Waals surface area contributed by atoms with Crippen molar-refractivity contribution >= 4 is 10.0 Å². The van der Waals surface area contributed by atoms with Gasteiger partial charge in [-0.2, -0.15) is 5.06 Å². The van der Waals surface area contributed by atoms with Gasteiger partial charge in [-0.15, -0.1) is 0 Å². The largest absolute Gasteiger partial charge is 0.297 e. The number of hydrogen-bond donors (Lipinski definition) is 1. The molecule has 0 unspecified atom stereocenters. The average molecular weight is 340 g/mol. The Kier molecular flexibility index (Phi) is 5.84. The van der Waals surface area contributed by atoms with Crippen LogP contribution in [-0.2, 0) is 14.9 Å². The molecule has 0 saturated carbocycles. The SMILES string of the molecule is CC(C)CNS(=O)(=O)[C@@H]1CON(C)[C@H]1c1ccc(C(C)C)cc1. The molecule has 1 aliphatic rings. The fraction of sp³-hybridized carbons (Fsp3) is 0.647. The normalized spacial score (nSPS) is 23.1. The Morgan fingerprint density at radius 3 is 2.35 bits per heavy atom. The zero-order valence-corrected chi connectivity index (χ0v) is 15.4. The summed E-state index contributed by atoms with van der Waals surface area (Å²) in [4.78, 5) is 5.52. The molecular weight excluding hydrogens is 312 g/mol. The Bertz CT molecular complexity index is 611. The number of sulfonamides is 1. The number of hydrogen-bond acceptors (Lipinski definition) is 4. The van der Waals surface area contributed by atoms with Crippen LogP contribution in [0.15, 0.2) is 24.3 Å². The highest BCUT2D eigenvalue weighted by molar-refractivity contribution is 7.90. The summed E-state index contributed by atoms with van der Waals surface area (Å²) in [5, 5.41) is 1.06. The van der Waals surface area contributed by atoms with Crippen molar-refractivity contribution < 1.29 is 13.3 Å². The highest BCUT2D eigenvalue weighted by Crippen LogP contribution is 2.33. The Balaban J connectivity index is 2.24. The predicted octanol–water partition coefficient (Wildman–Crippen LogP) is 2.67. The predicted molar refractivity (Wildman–Crippen MR) is 92.5 cm³/mol. The molecule has 23 heavy (non-hydrogen) atoms. The van der Waals surface area contributed by atoms with Gasteiger partial charge in [0, 0.05) is 13.6 Å². The number of benzene rings is 1. The van der Waals surface area contributed by atoms with Crippen molar-refractivity contribution in [1.82, 2.24) is 9.79 Å². The van der Waals surface area contributed by atoms with Crippen LogP contribution < -0.4 is 4.72 Å². The minimum absolute atomic E-state index is 0.181. The summed E-state index contributed by atoms with van der Waals surface area (Å²) in [6, 6.07) is 7.86. The third-order valence-electron chi connectivity index (χ3n) is 4.22. The summed E-state index contributed by atoms with van der Waals surface area (Å²) in [5.74, 6) is 0.724. The van der Waals surface area contributed by atoms with Crippen LogP contribution in [-0.4, -0.2) is 38.9 Å². The van der Waals surface area contributed by atoms with Gasteiger partial charge in [-0.05, 0) is 23.0 Å². The summed E-state index contributed by atoms with van der Waals surface area (Å²) in [5.41, 5.74) is 2.21. The number of nitrogens with zero attached hydrogens (tertiary/aromatic N) is 1. The molecule has 0 aliphatic carbocycles. The summed E-state index contributed by atoms with van der Waals surface area (Å²) in [6.07, 6.45) is 0. The fourth-order valence-electron chi connectivity index (χ4n) is 2.75. The second-order valence-corrected chi connectivity index (χ2v) is 8.92. The minimum Gasteiger partial charge on any atom is -0.297 e. The van der Waals surface area contributed by atoms with Gasteiger partial charge in [0.25, 0.3) is 0 Å². The van der Waals surface area contributed by atoms with E-state index in [0.29, 0.717) is 12.5 Å². The molecule has 130 valence electrons. The van der Waals surface area contributed by atoms with E-state index in [9.17, 15) is 8.42 Å². The molecule has 0 aromatic heterocycles. The standard InChI is InChI=1S/C17H28N2O3S/c1-12(2)10-18-23(20,21)16-11-22-19(5)17(16)15-8-6-14(7-9-15)13(3)4/h6-9,12-13,16-18H,10-11H2,1-5H3/t16-,17+/m1/s1. The molecule has 1 aliphatic heterocycles. The molecule has 0 spiro atoms. The molecule has 0 radical (unpaired) electrons. The molecule has 0 amide bonds. The Morgan fingerprint density at radius 1 is 1.22 bits per heavy atom. The highest BCUT2D eigenvalue weighted by Gasteiger charge is 2.43. The van der Waals surface area contributed by atoms with E-state index in [2.05, 4.69) is 30.7 Å². The van der Waals surface area contributed by atoms with E-state index in [1.54, 1.807) is 12.1 Å². The third-order valence-corrected chi connectivity index (χ3v) is 5.98. The molecule has 5 nitrogen and oxygen atoms in total. The lowest BCUT2D eigenvalue weighted by Gasteiger charge is -2.24. The quantitative estimate of drug-likeness (QED) is 0.865. The molecule has 6 heteroatoms.